The van der Waals surface area contributed by atoms with Crippen molar-refractivity contribution >= 4 is 16.9 Å². The number of rotatable bonds is 6. The molecule has 0 bridgehead atoms. The van der Waals surface area contributed by atoms with E-state index in [1.165, 1.54) is 0 Å². The highest BCUT2D eigenvalue weighted by Gasteiger charge is 2.25. The van der Waals surface area contributed by atoms with E-state index in [1.807, 2.05) is 45.0 Å². The number of alkyl carbamates (subject to hydrolysis) is 1. The molecule has 0 aromatic heterocycles. The Hall–Kier alpha value is -3.01. The summed E-state index contributed by atoms with van der Waals surface area (Å²) in [5, 5.41) is 5.18. The number of hydrogen-bond acceptors (Lipinski definition) is 3. The highest BCUT2D eigenvalue weighted by molar-refractivity contribution is 5.88. The Morgan fingerprint density at radius 3 is 2.33 bits per heavy atom. The van der Waals surface area contributed by atoms with Gasteiger partial charge in [-0.05, 0) is 54.8 Å². The van der Waals surface area contributed by atoms with Crippen LogP contribution in [0.15, 0.2) is 66.7 Å². The first kappa shape index (κ1) is 21.7. The van der Waals surface area contributed by atoms with Crippen molar-refractivity contribution in [2.75, 3.05) is 6.54 Å². The number of amides is 1. The molecular weight excluding hydrogens is 374 g/mol. The average Bonchev–Trinajstić information content (AvgIpc) is 2.70. The van der Waals surface area contributed by atoms with Gasteiger partial charge in [-0.3, -0.25) is 0 Å². The summed E-state index contributed by atoms with van der Waals surface area (Å²) in [6, 6.07) is 22.6. The number of fused-ring (bicyclic) bond motifs is 1. The average molecular weight is 406 g/mol. The van der Waals surface area contributed by atoms with Crippen molar-refractivity contribution in [1.29, 1.82) is 0 Å². The molecule has 0 heterocycles. The van der Waals surface area contributed by atoms with Crippen LogP contribution >= 0.6 is 0 Å². The predicted molar refractivity (Wildman–Crippen MR) is 122 cm³/mol. The van der Waals surface area contributed by atoms with Gasteiger partial charge in [0.15, 0.2) is 0 Å². The van der Waals surface area contributed by atoms with Gasteiger partial charge < -0.3 is 14.8 Å². The summed E-state index contributed by atoms with van der Waals surface area (Å²) >= 11 is 0. The van der Waals surface area contributed by atoms with Gasteiger partial charge >= 0.3 is 6.09 Å². The zero-order valence-corrected chi connectivity index (χ0v) is 18.5. The Morgan fingerprint density at radius 1 is 0.900 bits per heavy atom. The molecule has 158 valence electrons. The van der Waals surface area contributed by atoms with E-state index in [1.54, 1.807) is 0 Å². The number of carbonyl (C=O) groups is 1. The molecule has 0 radical (unpaired) electrons. The van der Waals surface area contributed by atoms with E-state index in [0.717, 1.165) is 27.6 Å². The molecule has 30 heavy (non-hydrogen) atoms. The molecule has 0 fully saturated rings. The Bertz CT molecular complexity index is 1000. The Labute approximate surface area is 179 Å². The number of nitrogens with one attached hydrogen (secondary N) is 1. The molecule has 0 atom stereocenters. The molecule has 0 saturated carbocycles. The van der Waals surface area contributed by atoms with Gasteiger partial charge in [0.05, 0.1) is 0 Å². The minimum Gasteiger partial charge on any atom is -0.489 e. The molecule has 0 unspecified atom stereocenters. The van der Waals surface area contributed by atoms with Crippen LogP contribution in [0.25, 0.3) is 10.8 Å². The fourth-order valence-electron chi connectivity index (χ4n) is 3.38. The van der Waals surface area contributed by atoms with E-state index in [2.05, 4.69) is 61.6 Å². The van der Waals surface area contributed by atoms with Crippen LogP contribution in [0.1, 0.15) is 45.7 Å². The first-order valence-electron chi connectivity index (χ1n) is 10.3. The van der Waals surface area contributed by atoms with Gasteiger partial charge in [-0.1, -0.05) is 68.4 Å². The highest BCUT2D eigenvalue weighted by Crippen LogP contribution is 2.32. The van der Waals surface area contributed by atoms with E-state index >= 15 is 0 Å². The molecule has 4 heteroatoms. The molecule has 0 aliphatic rings. The van der Waals surface area contributed by atoms with E-state index in [-0.39, 0.29) is 5.41 Å². The fraction of sp³-hybridized carbons (Fsp3) is 0.346. The summed E-state index contributed by atoms with van der Waals surface area (Å²) in [6.07, 6.45) is -0.400. The van der Waals surface area contributed by atoms with Crippen molar-refractivity contribution in [3.05, 3.63) is 77.9 Å². The molecule has 3 aromatic carbocycles. The van der Waals surface area contributed by atoms with Crippen molar-refractivity contribution in [3.63, 3.8) is 0 Å². The lowest BCUT2D eigenvalue weighted by atomic mass is 9.81. The maximum Gasteiger partial charge on any atom is 0.407 e. The second-order valence-electron chi connectivity index (χ2n) is 9.20. The summed E-state index contributed by atoms with van der Waals surface area (Å²) in [7, 11) is 0. The number of carbonyl (C=O) groups excluding carboxylic acids is 1. The molecule has 1 N–H and O–H groups in total. The van der Waals surface area contributed by atoms with Crippen molar-refractivity contribution in [2.45, 2.75) is 52.2 Å². The smallest absolute Gasteiger partial charge is 0.407 e. The van der Waals surface area contributed by atoms with Gasteiger partial charge in [-0.25, -0.2) is 4.79 Å². The van der Waals surface area contributed by atoms with Crippen molar-refractivity contribution in [1.82, 2.24) is 5.32 Å². The zero-order chi connectivity index (χ0) is 21.8. The molecule has 0 saturated heterocycles. The van der Waals surface area contributed by atoms with Gasteiger partial charge in [0.1, 0.15) is 18.0 Å². The van der Waals surface area contributed by atoms with Gasteiger partial charge in [-0.2, -0.15) is 0 Å². The third kappa shape index (κ3) is 5.76. The maximum absolute atomic E-state index is 12.1. The summed E-state index contributed by atoms with van der Waals surface area (Å²) in [5.74, 6) is 0.828. The van der Waals surface area contributed by atoms with Crippen molar-refractivity contribution in [3.8, 4) is 5.75 Å². The van der Waals surface area contributed by atoms with Gasteiger partial charge in [0, 0.05) is 12.0 Å². The summed E-state index contributed by atoms with van der Waals surface area (Å²) in [6.45, 7) is 10.8. The van der Waals surface area contributed by atoms with Crippen LogP contribution in [-0.2, 0) is 16.8 Å². The molecule has 0 spiro atoms. The molecule has 3 rings (SSSR count). The lowest BCUT2D eigenvalue weighted by molar-refractivity contribution is 0.0517. The van der Waals surface area contributed by atoms with Crippen molar-refractivity contribution in [2.24, 2.45) is 0 Å². The maximum atomic E-state index is 12.1. The minimum atomic E-state index is -0.515. The van der Waals surface area contributed by atoms with Crippen LogP contribution in [0.3, 0.4) is 0 Å². The van der Waals surface area contributed by atoms with Crippen LogP contribution in [0.5, 0.6) is 5.75 Å². The van der Waals surface area contributed by atoms with Gasteiger partial charge in [0.25, 0.3) is 0 Å². The van der Waals surface area contributed by atoms with Crippen LogP contribution in [-0.4, -0.2) is 18.2 Å². The third-order valence-electron chi connectivity index (χ3n) is 4.90. The van der Waals surface area contributed by atoms with Crippen LogP contribution in [0.2, 0.25) is 0 Å². The SMILES string of the molecule is CC(C)(C)OC(=O)NCC(C)(C)c1cccc2ccc(OCc3ccccc3)cc12. The van der Waals surface area contributed by atoms with Crippen LogP contribution in [0, 0.1) is 0 Å². The van der Waals surface area contributed by atoms with Crippen LogP contribution in [0.4, 0.5) is 4.79 Å². The fourth-order valence-corrected chi connectivity index (χ4v) is 3.38. The van der Waals surface area contributed by atoms with E-state index < -0.39 is 11.7 Å². The zero-order valence-electron chi connectivity index (χ0n) is 18.5. The van der Waals surface area contributed by atoms with E-state index in [9.17, 15) is 4.79 Å². The van der Waals surface area contributed by atoms with E-state index in [4.69, 9.17) is 9.47 Å². The minimum absolute atomic E-state index is 0.283. The Morgan fingerprint density at radius 2 is 1.63 bits per heavy atom. The number of benzene rings is 3. The Balaban J connectivity index is 1.79. The second kappa shape index (κ2) is 8.78. The molecule has 0 aliphatic carbocycles. The molecule has 4 nitrogen and oxygen atoms in total. The number of ether oxygens (including phenoxy) is 2. The quantitative estimate of drug-likeness (QED) is 0.529. The monoisotopic (exact) mass is 405 g/mol. The topological polar surface area (TPSA) is 47.6 Å². The first-order chi connectivity index (χ1) is 14.1. The van der Waals surface area contributed by atoms with Crippen molar-refractivity contribution < 1.29 is 14.3 Å². The van der Waals surface area contributed by atoms with E-state index in [0.29, 0.717) is 13.2 Å². The summed E-state index contributed by atoms with van der Waals surface area (Å²) in [4.78, 5) is 12.1. The molecular formula is C26H31NO3. The normalized spacial score (nSPS) is 11.9. The summed E-state index contributed by atoms with van der Waals surface area (Å²) in [5.41, 5.74) is 1.49. The lowest BCUT2D eigenvalue weighted by Crippen LogP contribution is -2.39. The lowest BCUT2D eigenvalue weighted by Gasteiger charge is -2.28. The standard InChI is InChI=1S/C26H31NO3/c1-25(2,3)30-24(28)27-18-26(4,5)23-13-9-12-20-14-15-21(16-22(20)23)29-17-19-10-7-6-8-11-19/h6-16H,17-18H2,1-5H3,(H,27,28). The van der Waals surface area contributed by atoms with Crippen LogP contribution < -0.4 is 10.1 Å². The first-order valence-corrected chi connectivity index (χ1v) is 10.3. The highest BCUT2D eigenvalue weighted by atomic mass is 16.6. The molecule has 0 aliphatic heterocycles. The largest absolute Gasteiger partial charge is 0.489 e. The van der Waals surface area contributed by atoms with Gasteiger partial charge in [-0.15, -0.1) is 0 Å². The molecule has 3 aromatic rings. The summed E-state index contributed by atoms with van der Waals surface area (Å²) < 4.78 is 11.4. The van der Waals surface area contributed by atoms with Gasteiger partial charge in [0.2, 0.25) is 0 Å². The Kier molecular flexibility index (Phi) is 6.35. The molecule has 1 amide bonds. The number of hydrogen-bond donors (Lipinski definition) is 1. The second-order valence-corrected chi connectivity index (χ2v) is 9.20. The predicted octanol–water partition coefficient (Wildman–Crippen LogP) is 6.22. The third-order valence-corrected chi connectivity index (χ3v) is 4.90.